The molecule has 0 atom stereocenters. The molecule has 1 N–H and O–H groups in total. The summed E-state index contributed by atoms with van der Waals surface area (Å²) >= 11 is 6.11. The Morgan fingerprint density at radius 3 is 3.16 bits per heavy atom. The van der Waals surface area contributed by atoms with Crippen LogP contribution in [0.5, 0.6) is 5.75 Å². The normalized spacial score (nSPS) is 9.53. The van der Waals surface area contributed by atoms with Crippen LogP contribution in [0.25, 0.3) is 21.3 Å². The summed E-state index contributed by atoms with van der Waals surface area (Å²) in [6.07, 6.45) is 2.00. The fourth-order valence-corrected chi connectivity index (χ4v) is 1.85. The Morgan fingerprint density at radius 2 is 2.37 bits per heavy atom. The highest BCUT2D eigenvalue weighted by molar-refractivity contribution is 6.35. The van der Waals surface area contributed by atoms with Crippen LogP contribution in [-0.2, 0) is 0 Å². The second-order valence-electron chi connectivity index (χ2n) is 3.66. The molecule has 0 spiro atoms. The highest BCUT2D eigenvalue weighted by atomic mass is 35.5. The summed E-state index contributed by atoms with van der Waals surface area (Å²) in [5.74, 6) is 5.62. The van der Waals surface area contributed by atoms with Gasteiger partial charge in [-0.05, 0) is 23.7 Å². The summed E-state index contributed by atoms with van der Waals surface area (Å²) in [4.78, 5) is 6.72. The number of rotatable bonds is 2. The molecule has 0 radical (unpaired) electrons. The molecule has 2 rings (SSSR count). The number of azide groups is 1. The Labute approximate surface area is 114 Å². The van der Waals surface area contributed by atoms with Crippen molar-refractivity contribution in [2.45, 2.75) is 6.42 Å². The van der Waals surface area contributed by atoms with Gasteiger partial charge in [0.15, 0.2) is 5.75 Å². The zero-order chi connectivity index (χ0) is 13.7. The van der Waals surface area contributed by atoms with Gasteiger partial charge in [-0.3, -0.25) is 4.98 Å². The average molecular weight is 273 g/mol. The third-order valence-corrected chi connectivity index (χ3v) is 2.75. The maximum Gasteiger partial charge on any atom is 0.157 e. The molecule has 5 nitrogen and oxygen atoms in total. The third kappa shape index (κ3) is 2.89. The van der Waals surface area contributed by atoms with Crippen molar-refractivity contribution >= 4 is 22.5 Å². The predicted molar refractivity (Wildman–Crippen MR) is 73.9 cm³/mol. The second kappa shape index (κ2) is 5.96. The Balaban J connectivity index is 2.39. The van der Waals surface area contributed by atoms with E-state index in [1.54, 1.807) is 24.4 Å². The molecule has 0 saturated heterocycles. The largest absolute Gasteiger partial charge is 0.504 e. The van der Waals surface area contributed by atoms with E-state index in [2.05, 4.69) is 26.9 Å². The van der Waals surface area contributed by atoms with E-state index in [9.17, 15) is 5.11 Å². The van der Waals surface area contributed by atoms with Crippen molar-refractivity contribution in [3.05, 3.63) is 45.4 Å². The Hall–Kier alpha value is -2.41. The number of benzene rings is 1. The zero-order valence-electron chi connectivity index (χ0n) is 9.84. The van der Waals surface area contributed by atoms with Gasteiger partial charge in [0, 0.05) is 29.5 Å². The number of hydrogen-bond donors (Lipinski definition) is 1. The van der Waals surface area contributed by atoms with Crippen molar-refractivity contribution in [2.75, 3.05) is 6.54 Å². The molecular weight excluding hydrogens is 264 g/mol. The van der Waals surface area contributed by atoms with Gasteiger partial charge < -0.3 is 5.11 Å². The average Bonchev–Trinajstić information content (AvgIpc) is 2.44. The van der Waals surface area contributed by atoms with Gasteiger partial charge in [0.25, 0.3) is 0 Å². The maximum atomic E-state index is 10.1. The van der Waals surface area contributed by atoms with Crippen LogP contribution in [-0.4, -0.2) is 16.6 Å². The summed E-state index contributed by atoms with van der Waals surface area (Å²) < 4.78 is 0. The van der Waals surface area contributed by atoms with Crippen molar-refractivity contribution in [1.29, 1.82) is 0 Å². The van der Waals surface area contributed by atoms with Crippen molar-refractivity contribution in [1.82, 2.24) is 4.98 Å². The van der Waals surface area contributed by atoms with E-state index < -0.39 is 0 Å². The fourth-order valence-electron chi connectivity index (χ4n) is 1.59. The van der Waals surface area contributed by atoms with Gasteiger partial charge in [0.2, 0.25) is 0 Å². The Morgan fingerprint density at radius 1 is 1.53 bits per heavy atom. The maximum absolute atomic E-state index is 10.1. The third-order valence-electron chi connectivity index (χ3n) is 2.44. The van der Waals surface area contributed by atoms with Crippen LogP contribution < -0.4 is 0 Å². The molecule has 0 saturated carbocycles. The first-order chi connectivity index (χ1) is 9.24. The van der Waals surface area contributed by atoms with E-state index in [0.29, 0.717) is 34.5 Å². The van der Waals surface area contributed by atoms with E-state index >= 15 is 0 Å². The highest BCUT2D eigenvalue weighted by Gasteiger charge is 2.09. The van der Waals surface area contributed by atoms with E-state index in [1.807, 2.05) is 0 Å². The molecule has 0 bridgehead atoms. The minimum Gasteiger partial charge on any atom is -0.504 e. The topological polar surface area (TPSA) is 81.9 Å². The number of phenols is 1. The number of halogens is 1. The SMILES string of the molecule is [N-]=[N+]=NCCC#Cc1cc(Cl)c2cccnc2c1O. The Kier molecular flexibility index (Phi) is 4.09. The lowest BCUT2D eigenvalue weighted by molar-refractivity contribution is 0.479. The monoisotopic (exact) mass is 272 g/mol. The van der Waals surface area contributed by atoms with Crippen molar-refractivity contribution in [2.24, 2.45) is 5.11 Å². The first-order valence-electron chi connectivity index (χ1n) is 5.50. The smallest absolute Gasteiger partial charge is 0.157 e. The second-order valence-corrected chi connectivity index (χ2v) is 4.07. The molecule has 0 aliphatic rings. The lowest BCUT2D eigenvalue weighted by atomic mass is 10.1. The van der Waals surface area contributed by atoms with Crippen LogP contribution in [0.1, 0.15) is 12.0 Å². The quantitative estimate of drug-likeness (QED) is 0.298. The van der Waals surface area contributed by atoms with Crippen molar-refractivity contribution in [3.8, 4) is 17.6 Å². The minimum absolute atomic E-state index is 0.0104. The fraction of sp³-hybridized carbons (Fsp3) is 0.154. The minimum atomic E-state index is 0.0104. The van der Waals surface area contributed by atoms with Gasteiger partial charge in [0.1, 0.15) is 5.52 Å². The van der Waals surface area contributed by atoms with Crippen molar-refractivity contribution < 1.29 is 5.11 Å². The molecule has 0 fully saturated rings. The van der Waals surface area contributed by atoms with Gasteiger partial charge in [-0.1, -0.05) is 28.6 Å². The number of aromatic nitrogens is 1. The van der Waals surface area contributed by atoms with Crippen molar-refractivity contribution in [3.63, 3.8) is 0 Å². The number of aromatic hydroxyl groups is 1. The molecular formula is C13H9ClN4O. The van der Waals surface area contributed by atoms with Crippen LogP contribution in [0.2, 0.25) is 5.02 Å². The molecule has 19 heavy (non-hydrogen) atoms. The van der Waals surface area contributed by atoms with Gasteiger partial charge in [0.05, 0.1) is 10.6 Å². The lowest BCUT2D eigenvalue weighted by Gasteiger charge is -2.04. The predicted octanol–water partition coefficient (Wildman–Crippen LogP) is 3.65. The van der Waals surface area contributed by atoms with Crippen LogP contribution >= 0.6 is 11.6 Å². The zero-order valence-corrected chi connectivity index (χ0v) is 10.6. The highest BCUT2D eigenvalue weighted by Crippen LogP contribution is 2.32. The molecule has 2 aromatic rings. The van der Waals surface area contributed by atoms with Gasteiger partial charge in [-0.25, -0.2) is 0 Å². The van der Waals surface area contributed by atoms with Gasteiger partial charge >= 0.3 is 0 Å². The Bertz CT molecular complexity index is 726. The summed E-state index contributed by atoms with van der Waals surface area (Å²) in [6, 6.07) is 5.13. The molecule has 0 aliphatic carbocycles. The number of hydrogen-bond acceptors (Lipinski definition) is 3. The molecule has 1 aromatic heterocycles. The molecule has 0 amide bonds. The first kappa shape index (κ1) is 13.0. The number of fused-ring (bicyclic) bond motifs is 1. The molecule has 1 heterocycles. The lowest BCUT2D eigenvalue weighted by Crippen LogP contribution is -1.85. The molecule has 94 valence electrons. The summed E-state index contributed by atoms with van der Waals surface area (Å²) in [7, 11) is 0. The molecule has 1 aromatic carbocycles. The summed E-state index contributed by atoms with van der Waals surface area (Å²) in [5.41, 5.74) is 8.97. The molecule has 6 heteroatoms. The van der Waals surface area contributed by atoms with E-state index in [1.165, 1.54) is 0 Å². The van der Waals surface area contributed by atoms with Crippen LogP contribution in [0.4, 0.5) is 0 Å². The summed E-state index contributed by atoms with van der Waals surface area (Å²) in [5, 5.41) is 14.6. The van der Waals surface area contributed by atoms with Crippen LogP contribution in [0, 0.1) is 11.8 Å². The number of phenolic OH excluding ortho intramolecular Hbond substituents is 1. The number of pyridine rings is 1. The van der Waals surface area contributed by atoms with Crippen LogP contribution in [0.3, 0.4) is 0 Å². The standard InChI is InChI=1S/C13H9ClN4O/c14-11-8-9(4-1-2-7-17-18-15)13(19)12-10(11)5-3-6-16-12/h3,5-6,8,19H,2,7H2. The summed E-state index contributed by atoms with van der Waals surface area (Å²) in [6.45, 7) is 0.295. The molecule has 0 unspecified atom stereocenters. The first-order valence-corrected chi connectivity index (χ1v) is 5.87. The van der Waals surface area contributed by atoms with Crippen LogP contribution in [0.15, 0.2) is 29.5 Å². The van der Waals surface area contributed by atoms with Gasteiger partial charge in [-0.2, -0.15) is 0 Å². The number of nitrogens with zero attached hydrogens (tertiary/aromatic N) is 4. The van der Waals surface area contributed by atoms with E-state index in [4.69, 9.17) is 17.1 Å². The van der Waals surface area contributed by atoms with Gasteiger partial charge in [-0.15, -0.1) is 0 Å². The molecule has 0 aliphatic heterocycles. The van der Waals surface area contributed by atoms with E-state index in [0.717, 1.165) is 0 Å². The van der Waals surface area contributed by atoms with E-state index in [-0.39, 0.29) is 5.75 Å².